The lowest BCUT2D eigenvalue weighted by Crippen LogP contribution is -2.30. The van der Waals surface area contributed by atoms with Crippen molar-refractivity contribution in [3.8, 4) is 0 Å². The highest BCUT2D eigenvalue weighted by Crippen LogP contribution is 2.25. The Morgan fingerprint density at radius 1 is 1.24 bits per heavy atom. The topological polar surface area (TPSA) is 93.4 Å². The van der Waals surface area contributed by atoms with Crippen LogP contribution >= 0.6 is 0 Å². The van der Waals surface area contributed by atoms with Gasteiger partial charge in [0, 0.05) is 31.1 Å². The van der Waals surface area contributed by atoms with Gasteiger partial charge in [0.05, 0.1) is 15.5 Å². The number of rotatable bonds is 5. The number of nitro benzene ring substituents is 1. The molecule has 0 saturated heterocycles. The van der Waals surface area contributed by atoms with Crippen molar-refractivity contribution in [2.75, 3.05) is 10.8 Å². The molecule has 0 aliphatic carbocycles. The van der Waals surface area contributed by atoms with E-state index in [2.05, 4.69) is 4.98 Å². The Morgan fingerprint density at radius 2 is 1.90 bits per heavy atom. The molecule has 0 amide bonds. The van der Waals surface area contributed by atoms with Gasteiger partial charge in [-0.15, -0.1) is 0 Å². The van der Waals surface area contributed by atoms with Gasteiger partial charge < -0.3 is 0 Å². The average Bonchev–Trinajstić information content (AvgIpc) is 2.49. The highest BCUT2D eigenvalue weighted by Gasteiger charge is 2.25. The number of sulfonamides is 1. The molecule has 0 spiro atoms. The Hall–Kier alpha value is -2.48. The van der Waals surface area contributed by atoms with Crippen molar-refractivity contribution >= 4 is 21.4 Å². The third-order valence-corrected chi connectivity index (χ3v) is 4.75. The van der Waals surface area contributed by atoms with E-state index in [4.69, 9.17) is 0 Å². The second-order valence-electron chi connectivity index (χ2n) is 4.13. The van der Waals surface area contributed by atoms with Crippen molar-refractivity contribution in [2.45, 2.75) is 11.8 Å². The molecule has 0 aliphatic heterocycles. The molecular formula is C13H13N3O4S. The van der Waals surface area contributed by atoms with E-state index in [1.54, 1.807) is 19.1 Å². The summed E-state index contributed by atoms with van der Waals surface area (Å²) in [6, 6.07) is 8.13. The molecule has 0 unspecified atom stereocenters. The summed E-state index contributed by atoms with van der Waals surface area (Å²) in [6.07, 6.45) is 2.97. The lowest BCUT2D eigenvalue weighted by Gasteiger charge is -2.22. The molecule has 1 aromatic heterocycles. The molecule has 21 heavy (non-hydrogen) atoms. The van der Waals surface area contributed by atoms with Crippen LogP contribution in [-0.2, 0) is 10.0 Å². The van der Waals surface area contributed by atoms with E-state index in [1.165, 1.54) is 34.9 Å². The van der Waals surface area contributed by atoms with Crippen LogP contribution in [-0.4, -0.2) is 24.9 Å². The minimum Gasteiger partial charge on any atom is -0.267 e. The maximum absolute atomic E-state index is 12.6. The summed E-state index contributed by atoms with van der Waals surface area (Å²) in [5, 5.41) is 10.8. The summed E-state index contributed by atoms with van der Waals surface area (Å²) in [5.74, 6) is 0. The fraction of sp³-hybridized carbons (Fsp3) is 0.154. The first-order valence-corrected chi connectivity index (χ1v) is 7.58. The van der Waals surface area contributed by atoms with Crippen LogP contribution in [0.1, 0.15) is 6.92 Å². The van der Waals surface area contributed by atoms with Crippen LogP contribution in [0.4, 0.5) is 11.4 Å². The second kappa shape index (κ2) is 5.88. The number of non-ortho nitro benzene ring substituents is 1. The molecule has 0 N–H and O–H groups in total. The normalized spacial score (nSPS) is 11.1. The number of aromatic nitrogens is 1. The zero-order valence-electron chi connectivity index (χ0n) is 11.2. The fourth-order valence-electron chi connectivity index (χ4n) is 1.89. The molecule has 0 atom stereocenters. The zero-order chi connectivity index (χ0) is 15.5. The molecule has 0 saturated carbocycles. The van der Waals surface area contributed by atoms with Crippen LogP contribution < -0.4 is 4.31 Å². The molecule has 0 fully saturated rings. The summed E-state index contributed by atoms with van der Waals surface area (Å²) in [7, 11) is -3.86. The van der Waals surface area contributed by atoms with Gasteiger partial charge in [-0.05, 0) is 25.1 Å². The quantitative estimate of drug-likeness (QED) is 0.623. The SMILES string of the molecule is CCN(c1ccncc1)S(=O)(=O)c1cccc([N+](=O)[O-])c1. The van der Waals surface area contributed by atoms with Crippen LogP contribution in [0.3, 0.4) is 0 Å². The third kappa shape index (κ3) is 3.00. The van der Waals surface area contributed by atoms with Crippen molar-refractivity contribution in [2.24, 2.45) is 0 Å². The van der Waals surface area contributed by atoms with Gasteiger partial charge in [0.15, 0.2) is 0 Å². The van der Waals surface area contributed by atoms with E-state index in [-0.39, 0.29) is 17.1 Å². The van der Waals surface area contributed by atoms with Crippen molar-refractivity contribution in [3.05, 3.63) is 58.9 Å². The van der Waals surface area contributed by atoms with Gasteiger partial charge in [-0.3, -0.25) is 19.4 Å². The van der Waals surface area contributed by atoms with E-state index in [0.717, 1.165) is 6.07 Å². The highest BCUT2D eigenvalue weighted by molar-refractivity contribution is 7.92. The van der Waals surface area contributed by atoms with Crippen molar-refractivity contribution < 1.29 is 13.3 Å². The number of hydrogen-bond donors (Lipinski definition) is 0. The Balaban J connectivity index is 2.50. The molecule has 2 rings (SSSR count). The highest BCUT2D eigenvalue weighted by atomic mass is 32.2. The maximum Gasteiger partial charge on any atom is 0.270 e. The third-order valence-electron chi connectivity index (χ3n) is 2.85. The largest absolute Gasteiger partial charge is 0.270 e. The molecule has 0 radical (unpaired) electrons. The molecule has 7 nitrogen and oxygen atoms in total. The van der Waals surface area contributed by atoms with Crippen LogP contribution in [0.25, 0.3) is 0 Å². The van der Waals surface area contributed by atoms with E-state index >= 15 is 0 Å². The summed E-state index contributed by atoms with van der Waals surface area (Å²) in [6.45, 7) is 1.89. The van der Waals surface area contributed by atoms with Gasteiger partial charge in [-0.1, -0.05) is 6.07 Å². The standard InChI is InChI=1S/C13H13N3O4S/c1-2-15(11-6-8-14-9-7-11)21(19,20)13-5-3-4-12(10-13)16(17)18/h3-10H,2H2,1H3. The lowest BCUT2D eigenvalue weighted by atomic mass is 10.3. The molecule has 8 heteroatoms. The minimum atomic E-state index is -3.86. The van der Waals surface area contributed by atoms with Gasteiger partial charge in [0.2, 0.25) is 0 Å². The number of pyridine rings is 1. The Bertz CT molecular complexity index is 747. The number of hydrogen-bond acceptors (Lipinski definition) is 5. The number of nitrogens with zero attached hydrogens (tertiary/aromatic N) is 3. The molecule has 110 valence electrons. The van der Waals surface area contributed by atoms with E-state index in [9.17, 15) is 18.5 Å². The van der Waals surface area contributed by atoms with Crippen molar-refractivity contribution in [1.82, 2.24) is 4.98 Å². The first-order chi connectivity index (χ1) is 9.96. The first-order valence-electron chi connectivity index (χ1n) is 6.14. The van der Waals surface area contributed by atoms with Crippen LogP contribution in [0.5, 0.6) is 0 Å². The van der Waals surface area contributed by atoms with Gasteiger partial charge in [-0.25, -0.2) is 8.42 Å². The van der Waals surface area contributed by atoms with Gasteiger partial charge in [-0.2, -0.15) is 0 Å². The summed E-state index contributed by atoms with van der Waals surface area (Å²) in [5.41, 5.74) is 0.195. The Morgan fingerprint density at radius 3 is 2.48 bits per heavy atom. The zero-order valence-corrected chi connectivity index (χ0v) is 12.0. The summed E-state index contributed by atoms with van der Waals surface area (Å²) < 4.78 is 26.4. The van der Waals surface area contributed by atoms with Crippen molar-refractivity contribution in [3.63, 3.8) is 0 Å². The monoisotopic (exact) mass is 307 g/mol. The van der Waals surface area contributed by atoms with Crippen LogP contribution in [0.15, 0.2) is 53.7 Å². The molecule has 1 aromatic carbocycles. The molecule has 0 aliphatic rings. The Kier molecular flexibility index (Phi) is 4.18. The fourth-order valence-corrected chi connectivity index (χ4v) is 3.40. The van der Waals surface area contributed by atoms with Gasteiger partial charge in [0.1, 0.15) is 0 Å². The lowest BCUT2D eigenvalue weighted by molar-refractivity contribution is -0.385. The van der Waals surface area contributed by atoms with E-state index in [1.807, 2.05) is 0 Å². The van der Waals surface area contributed by atoms with Gasteiger partial charge >= 0.3 is 0 Å². The summed E-state index contributed by atoms with van der Waals surface area (Å²) >= 11 is 0. The van der Waals surface area contributed by atoms with Crippen LogP contribution in [0, 0.1) is 10.1 Å². The van der Waals surface area contributed by atoms with Crippen LogP contribution in [0.2, 0.25) is 0 Å². The number of anilines is 1. The minimum absolute atomic E-state index is 0.115. The number of benzene rings is 1. The molecule has 1 heterocycles. The average molecular weight is 307 g/mol. The second-order valence-corrected chi connectivity index (χ2v) is 5.99. The van der Waals surface area contributed by atoms with E-state index < -0.39 is 14.9 Å². The van der Waals surface area contributed by atoms with Gasteiger partial charge in [0.25, 0.3) is 15.7 Å². The number of nitro groups is 1. The smallest absolute Gasteiger partial charge is 0.267 e. The Labute approximate surface area is 122 Å². The predicted molar refractivity (Wildman–Crippen MR) is 77.5 cm³/mol. The summed E-state index contributed by atoms with van der Waals surface area (Å²) in [4.78, 5) is 13.9. The van der Waals surface area contributed by atoms with Crippen molar-refractivity contribution in [1.29, 1.82) is 0 Å². The first kappa shape index (κ1) is 14.9. The maximum atomic E-state index is 12.6. The molecular weight excluding hydrogens is 294 g/mol. The molecule has 2 aromatic rings. The molecule has 0 bridgehead atoms. The predicted octanol–water partition coefficient (Wildman–Crippen LogP) is 2.21. The van der Waals surface area contributed by atoms with E-state index in [0.29, 0.717) is 5.69 Å².